The standard InChI is InChI=1S/C21H42BrNO/c1-3-4-5-6-7-8-9-10-11-12-13-14-15-16-17-18-19-23-21(24)20(2)22/h20H,3-19H2,1-2H3,(H,23,24). The van der Waals surface area contributed by atoms with Crippen molar-refractivity contribution in [1.82, 2.24) is 5.32 Å². The number of rotatable bonds is 18. The molecule has 0 aromatic heterocycles. The van der Waals surface area contributed by atoms with E-state index in [-0.39, 0.29) is 10.7 Å². The lowest BCUT2D eigenvalue weighted by Crippen LogP contribution is -2.30. The van der Waals surface area contributed by atoms with Crippen LogP contribution in [0.5, 0.6) is 0 Å². The Morgan fingerprint density at radius 2 is 1.04 bits per heavy atom. The van der Waals surface area contributed by atoms with Gasteiger partial charge in [0.05, 0.1) is 4.83 Å². The molecule has 24 heavy (non-hydrogen) atoms. The SMILES string of the molecule is CCCCCCCCCCCCCCCCCCNC(=O)C(C)Br. The van der Waals surface area contributed by atoms with Crippen LogP contribution in [-0.4, -0.2) is 17.3 Å². The third-order valence-electron chi connectivity index (χ3n) is 4.69. The van der Waals surface area contributed by atoms with Gasteiger partial charge in [-0.2, -0.15) is 0 Å². The first-order valence-corrected chi connectivity index (χ1v) is 11.5. The molecule has 0 radical (unpaired) electrons. The van der Waals surface area contributed by atoms with E-state index in [0.717, 1.165) is 13.0 Å². The largest absolute Gasteiger partial charge is 0.355 e. The number of hydrogen-bond acceptors (Lipinski definition) is 1. The van der Waals surface area contributed by atoms with Crippen LogP contribution in [0.4, 0.5) is 0 Å². The summed E-state index contributed by atoms with van der Waals surface area (Å²) in [5.41, 5.74) is 0. The zero-order valence-corrected chi connectivity index (χ0v) is 18.0. The second kappa shape index (κ2) is 19.3. The van der Waals surface area contributed by atoms with Crippen LogP contribution in [0.1, 0.15) is 117 Å². The smallest absolute Gasteiger partial charge is 0.233 e. The first-order valence-electron chi connectivity index (χ1n) is 10.6. The third kappa shape index (κ3) is 18.3. The third-order valence-corrected chi connectivity index (χ3v) is 5.11. The van der Waals surface area contributed by atoms with Crippen molar-refractivity contribution in [3.8, 4) is 0 Å². The topological polar surface area (TPSA) is 29.1 Å². The number of nitrogens with one attached hydrogen (secondary N) is 1. The minimum atomic E-state index is -0.0708. The molecule has 0 aromatic carbocycles. The van der Waals surface area contributed by atoms with E-state index in [1.54, 1.807) is 0 Å². The van der Waals surface area contributed by atoms with Crippen LogP contribution in [0.25, 0.3) is 0 Å². The fraction of sp³-hybridized carbons (Fsp3) is 0.952. The van der Waals surface area contributed by atoms with Gasteiger partial charge in [-0.3, -0.25) is 4.79 Å². The van der Waals surface area contributed by atoms with Crippen molar-refractivity contribution in [2.24, 2.45) is 0 Å². The van der Waals surface area contributed by atoms with Crippen molar-refractivity contribution >= 4 is 21.8 Å². The molecular weight excluding hydrogens is 362 g/mol. The van der Waals surface area contributed by atoms with Crippen molar-refractivity contribution in [3.05, 3.63) is 0 Å². The number of unbranched alkanes of at least 4 members (excludes halogenated alkanes) is 15. The molecule has 0 spiro atoms. The Labute approximate surface area is 160 Å². The minimum absolute atomic E-state index is 0.0708. The molecule has 2 nitrogen and oxygen atoms in total. The van der Waals surface area contributed by atoms with Crippen molar-refractivity contribution in [2.45, 2.75) is 121 Å². The summed E-state index contributed by atoms with van der Waals surface area (Å²) in [7, 11) is 0. The lowest BCUT2D eigenvalue weighted by molar-refractivity contribution is -0.120. The first kappa shape index (κ1) is 23.9. The number of hydrogen-bond donors (Lipinski definition) is 1. The molecular formula is C21H42BrNO. The Morgan fingerprint density at radius 3 is 1.38 bits per heavy atom. The van der Waals surface area contributed by atoms with Crippen molar-refractivity contribution in [3.63, 3.8) is 0 Å². The predicted molar refractivity (Wildman–Crippen MR) is 111 cm³/mol. The molecule has 1 atom stereocenters. The van der Waals surface area contributed by atoms with E-state index in [1.165, 1.54) is 96.3 Å². The van der Waals surface area contributed by atoms with Crippen LogP contribution in [-0.2, 0) is 4.79 Å². The lowest BCUT2D eigenvalue weighted by Gasteiger charge is -2.06. The van der Waals surface area contributed by atoms with Gasteiger partial charge in [-0.1, -0.05) is 119 Å². The van der Waals surface area contributed by atoms with Crippen molar-refractivity contribution < 1.29 is 4.79 Å². The molecule has 0 fully saturated rings. The summed E-state index contributed by atoms with van der Waals surface area (Å²) in [5, 5.41) is 2.95. The van der Waals surface area contributed by atoms with Gasteiger partial charge in [0.2, 0.25) is 5.91 Å². The van der Waals surface area contributed by atoms with Gasteiger partial charge < -0.3 is 5.32 Å². The van der Waals surface area contributed by atoms with Crippen LogP contribution in [0.3, 0.4) is 0 Å². The Morgan fingerprint density at radius 1 is 0.708 bits per heavy atom. The van der Waals surface area contributed by atoms with E-state index in [4.69, 9.17) is 0 Å². The summed E-state index contributed by atoms with van der Waals surface area (Å²) >= 11 is 3.28. The molecule has 3 heteroatoms. The summed E-state index contributed by atoms with van der Waals surface area (Å²) in [6, 6.07) is 0. The van der Waals surface area contributed by atoms with Gasteiger partial charge in [0.1, 0.15) is 0 Å². The highest BCUT2D eigenvalue weighted by atomic mass is 79.9. The average molecular weight is 404 g/mol. The zero-order chi connectivity index (χ0) is 17.9. The molecule has 0 saturated carbocycles. The molecule has 1 unspecified atom stereocenters. The fourth-order valence-corrected chi connectivity index (χ4v) is 3.19. The monoisotopic (exact) mass is 403 g/mol. The average Bonchev–Trinajstić information content (AvgIpc) is 2.57. The molecule has 0 rings (SSSR count). The van der Waals surface area contributed by atoms with E-state index in [9.17, 15) is 4.79 Å². The van der Waals surface area contributed by atoms with E-state index in [2.05, 4.69) is 28.2 Å². The highest BCUT2D eigenvalue weighted by molar-refractivity contribution is 9.10. The Hall–Kier alpha value is -0.0500. The normalized spacial score (nSPS) is 12.3. The fourth-order valence-electron chi connectivity index (χ4n) is 3.03. The molecule has 1 amide bonds. The maximum absolute atomic E-state index is 11.3. The summed E-state index contributed by atoms with van der Waals surface area (Å²) in [6.45, 7) is 4.97. The number of carbonyl (C=O) groups excluding carboxylic acids is 1. The second-order valence-electron chi connectivity index (χ2n) is 7.21. The Bertz CT molecular complexity index is 269. The van der Waals surface area contributed by atoms with Crippen LogP contribution >= 0.6 is 15.9 Å². The van der Waals surface area contributed by atoms with Crippen LogP contribution < -0.4 is 5.32 Å². The highest BCUT2D eigenvalue weighted by Crippen LogP contribution is 2.13. The van der Waals surface area contributed by atoms with Crippen molar-refractivity contribution in [1.29, 1.82) is 0 Å². The quantitative estimate of drug-likeness (QED) is 0.191. The van der Waals surface area contributed by atoms with Gasteiger partial charge in [-0.25, -0.2) is 0 Å². The summed E-state index contributed by atoms with van der Waals surface area (Å²) < 4.78 is 0. The highest BCUT2D eigenvalue weighted by Gasteiger charge is 2.06. The molecule has 0 aromatic rings. The number of carbonyl (C=O) groups is 1. The Kier molecular flexibility index (Phi) is 19.2. The molecule has 0 bridgehead atoms. The van der Waals surface area contributed by atoms with E-state index >= 15 is 0 Å². The molecule has 0 aliphatic carbocycles. The second-order valence-corrected chi connectivity index (χ2v) is 8.58. The first-order chi connectivity index (χ1) is 11.7. The van der Waals surface area contributed by atoms with Crippen molar-refractivity contribution in [2.75, 3.05) is 6.54 Å². The summed E-state index contributed by atoms with van der Waals surface area (Å²) in [6.07, 6.45) is 22.2. The molecule has 144 valence electrons. The number of halogens is 1. The zero-order valence-electron chi connectivity index (χ0n) is 16.4. The van der Waals surface area contributed by atoms with E-state index in [1.807, 2.05) is 6.92 Å². The minimum Gasteiger partial charge on any atom is -0.355 e. The summed E-state index contributed by atoms with van der Waals surface area (Å²) in [4.78, 5) is 11.3. The number of alkyl halides is 1. The van der Waals surface area contributed by atoms with E-state index in [0.29, 0.717) is 0 Å². The molecule has 0 aliphatic rings. The summed E-state index contributed by atoms with van der Waals surface area (Å²) in [5.74, 6) is 0.107. The molecule has 0 saturated heterocycles. The predicted octanol–water partition coefficient (Wildman–Crippen LogP) is 7.15. The Balaban J connectivity index is 3.04. The van der Waals surface area contributed by atoms with Crippen LogP contribution in [0, 0.1) is 0 Å². The number of amides is 1. The van der Waals surface area contributed by atoms with Gasteiger partial charge in [0, 0.05) is 6.54 Å². The van der Waals surface area contributed by atoms with Gasteiger partial charge in [-0.05, 0) is 13.3 Å². The van der Waals surface area contributed by atoms with Gasteiger partial charge >= 0.3 is 0 Å². The maximum atomic E-state index is 11.3. The van der Waals surface area contributed by atoms with Gasteiger partial charge in [0.25, 0.3) is 0 Å². The van der Waals surface area contributed by atoms with E-state index < -0.39 is 0 Å². The molecule has 0 aliphatic heterocycles. The molecule has 1 N–H and O–H groups in total. The maximum Gasteiger partial charge on any atom is 0.233 e. The van der Waals surface area contributed by atoms with Crippen LogP contribution in [0.2, 0.25) is 0 Å². The van der Waals surface area contributed by atoms with Crippen LogP contribution in [0.15, 0.2) is 0 Å². The molecule has 0 heterocycles. The van der Waals surface area contributed by atoms with Gasteiger partial charge in [-0.15, -0.1) is 0 Å². The van der Waals surface area contributed by atoms with Gasteiger partial charge in [0.15, 0.2) is 0 Å². The lowest BCUT2D eigenvalue weighted by atomic mass is 10.0.